The predicted octanol–water partition coefficient (Wildman–Crippen LogP) is 2.36. The summed E-state index contributed by atoms with van der Waals surface area (Å²) < 4.78 is 5.33. The van der Waals surface area contributed by atoms with E-state index in [0.717, 1.165) is 17.7 Å². The molecule has 128 valence electrons. The highest BCUT2D eigenvalue weighted by Gasteiger charge is 2.30. The van der Waals surface area contributed by atoms with Gasteiger partial charge in [-0.1, -0.05) is 49.3 Å². The summed E-state index contributed by atoms with van der Waals surface area (Å²) in [6, 6.07) is 9.93. The van der Waals surface area contributed by atoms with Crippen molar-refractivity contribution in [2.24, 2.45) is 5.41 Å². The normalized spacial score (nSPS) is 16.2. The van der Waals surface area contributed by atoms with Crippen molar-refractivity contribution in [1.82, 2.24) is 25.4 Å². The van der Waals surface area contributed by atoms with Gasteiger partial charge in [0.25, 0.3) is 11.8 Å². The maximum absolute atomic E-state index is 12.2. The molecule has 0 bridgehead atoms. The molecule has 4 rings (SSSR count). The molecule has 0 radical (unpaired) electrons. The molecule has 0 spiro atoms. The van der Waals surface area contributed by atoms with Crippen LogP contribution in [0.25, 0.3) is 11.7 Å². The molecule has 25 heavy (non-hydrogen) atoms. The van der Waals surface area contributed by atoms with Gasteiger partial charge in [0, 0.05) is 18.7 Å². The van der Waals surface area contributed by atoms with E-state index in [4.69, 9.17) is 4.52 Å². The number of imidazole rings is 1. The molecule has 7 heteroatoms. The van der Waals surface area contributed by atoms with Crippen LogP contribution < -0.4 is 5.32 Å². The number of benzene rings is 1. The van der Waals surface area contributed by atoms with Crippen molar-refractivity contribution in [1.29, 1.82) is 0 Å². The summed E-state index contributed by atoms with van der Waals surface area (Å²) >= 11 is 0. The van der Waals surface area contributed by atoms with Crippen molar-refractivity contribution in [3.63, 3.8) is 0 Å². The second kappa shape index (κ2) is 5.84. The molecule has 2 N–H and O–H groups in total. The number of nitrogens with one attached hydrogen (secondary N) is 2. The largest absolute Gasteiger partial charge is 0.350 e. The first-order valence-electron chi connectivity index (χ1n) is 8.24. The van der Waals surface area contributed by atoms with E-state index in [0.29, 0.717) is 36.2 Å². The van der Waals surface area contributed by atoms with Crippen LogP contribution in [0.4, 0.5) is 0 Å². The summed E-state index contributed by atoms with van der Waals surface area (Å²) in [6.45, 7) is 4.83. The number of H-pyrrole nitrogens is 1. The van der Waals surface area contributed by atoms with Crippen LogP contribution in [0.2, 0.25) is 0 Å². The molecule has 0 saturated heterocycles. The maximum Gasteiger partial charge on any atom is 0.293 e. The monoisotopic (exact) mass is 337 g/mol. The molecule has 2 aromatic heterocycles. The molecule has 7 nitrogen and oxygen atoms in total. The smallest absolute Gasteiger partial charge is 0.293 e. The standard InChI is InChI=1S/C18H19N5O2/c1-18(2)9-12-14(16(24)19-10-18)22-15(20-12)17-21-13(23-25-17)8-11-6-4-3-5-7-11/h3-7H,8-10H2,1-2H3,(H,19,24)(H,20,22). The van der Waals surface area contributed by atoms with Gasteiger partial charge in [0.15, 0.2) is 11.6 Å². The fraction of sp³-hybridized carbons (Fsp3) is 0.333. The third-order valence-electron chi connectivity index (χ3n) is 4.25. The number of amides is 1. The van der Waals surface area contributed by atoms with Gasteiger partial charge in [0.05, 0.1) is 0 Å². The lowest BCUT2D eigenvalue weighted by molar-refractivity contribution is 0.0940. The molecule has 3 heterocycles. The number of carbonyl (C=O) groups excluding carboxylic acids is 1. The van der Waals surface area contributed by atoms with Crippen LogP contribution in [0, 0.1) is 5.41 Å². The van der Waals surface area contributed by atoms with Crippen LogP contribution in [-0.4, -0.2) is 32.6 Å². The Morgan fingerprint density at radius 3 is 2.80 bits per heavy atom. The third-order valence-corrected chi connectivity index (χ3v) is 4.25. The Morgan fingerprint density at radius 2 is 2.00 bits per heavy atom. The number of aromatic nitrogens is 4. The molecule has 0 fully saturated rings. The average molecular weight is 337 g/mol. The van der Waals surface area contributed by atoms with E-state index >= 15 is 0 Å². The first-order chi connectivity index (χ1) is 12.0. The molecule has 3 aromatic rings. The molecular weight excluding hydrogens is 318 g/mol. The van der Waals surface area contributed by atoms with Crippen LogP contribution in [0.5, 0.6) is 0 Å². The zero-order valence-electron chi connectivity index (χ0n) is 14.2. The van der Waals surface area contributed by atoms with E-state index in [1.807, 2.05) is 30.3 Å². The lowest BCUT2D eigenvalue weighted by Crippen LogP contribution is -2.32. The number of carbonyl (C=O) groups is 1. The van der Waals surface area contributed by atoms with E-state index in [2.05, 4.69) is 39.3 Å². The first-order valence-corrected chi connectivity index (χ1v) is 8.24. The lowest BCUT2D eigenvalue weighted by Gasteiger charge is -2.21. The molecule has 1 aliphatic heterocycles. The quantitative estimate of drug-likeness (QED) is 0.765. The zero-order chi connectivity index (χ0) is 17.4. The number of fused-ring (bicyclic) bond motifs is 1. The highest BCUT2D eigenvalue weighted by Crippen LogP contribution is 2.27. The Balaban J connectivity index is 1.61. The SMILES string of the molecule is CC1(C)CNC(=O)c2nc(-c3nc(Cc4ccccc4)no3)[nH]c2C1. The van der Waals surface area contributed by atoms with Crippen molar-refractivity contribution in [3.05, 3.63) is 53.1 Å². The Hall–Kier alpha value is -2.96. The lowest BCUT2D eigenvalue weighted by atomic mass is 9.88. The molecule has 0 saturated carbocycles. The molecule has 0 aliphatic carbocycles. The van der Waals surface area contributed by atoms with Gasteiger partial charge in [0.2, 0.25) is 0 Å². The summed E-state index contributed by atoms with van der Waals surface area (Å²) in [5, 5.41) is 6.92. The van der Waals surface area contributed by atoms with E-state index in [1.165, 1.54) is 0 Å². The minimum atomic E-state index is -0.174. The maximum atomic E-state index is 12.2. The number of nitrogens with zero attached hydrogens (tertiary/aromatic N) is 3. The van der Waals surface area contributed by atoms with E-state index in [-0.39, 0.29) is 11.3 Å². The predicted molar refractivity (Wildman–Crippen MR) is 90.9 cm³/mol. The second-order valence-corrected chi connectivity index (χ2v) is 7.11. The van der Waals surface area contributed by atoms with Crippen LogP contribution in [0.15, 0.2) is 34.9 Å². The number of hydrogen-bond acceptors (Lipinski definition) is 5. The van der Waals surface area contributed by atoms with Gasteiger partial charge in [0.1, 0.15) is 5.69 Å². The van der Waals surface area contributed by atoms with Crippen molar-refractivity contribution in [3.8, 4) is 11.7 Å². The third kappa shape index (κ3) is 3.17. The van der Waals surface area contributed by atoms with Gasteiger partial charge >= 0.3 is 0 Å². The van der Waals surface area contributed by atoms with Crippen molar-refractivity contribution in [2.45, 2.75) is 26.7 Å². The van der Waals surface area contributed by atoms with Gasteiger partial charge in [-0.15, -0.1) is 0 Å². The van der Waals surface area contributed by atoms with Crippen molar-refractivity contribution >= 4 is 5.91 Å². The highest BCUT2D eigenvalue weighted by molar-refractivity contribution is 5.94. The van der Waals surface area contributed by atoms with Gasteiger partial charge in [-0.3, -0.25) is 4.79 Å². The fourth-order valence-electron chi connectivity index (χ4n) is 2.97. The fourth-order valence-corrected chi connectivity index (χ4v) is 2.97. The van der Waals surface area contributed by atoms with Crippen LogP contribution in [-0.2, 0) is 12.8 Å². The topological polar surface area (TPSA) is 96.7 Å². The van der Waals surface area contributed by atoms with E-state index in [9.17, 15) is 4.79 Å². The summed E-state index contributed by atoms with van der Waals surface area (Å²) in [5.41, 5.74) is 2.27. The Kier molecular flexibility index (Phi) is 3.63. The van der Waals surface area contributed by atoms with E-state index < -0.39 is 0 Å². The average Bonchev–Trinajstić information content (AvgIpc) is 3.18. The summed E-state index contributed by atoms with van der Waals surface area (Å²) in [5.74, 6) is 1.14. The van der Waals surface area contributed by atoms with Gasteiger partial charge < -0.3 is 14.8 Å². The Labute approximate surface area is 144 Å². The molecule has 1 aliphatic rings. The molecule has 0 atom stereocenters. The summed E-state index contributed by atoms with van der Waals surface area (Å²) in [6.07, 6.45) is 1.30. The first kappa shape index (κ1) is 15.6. The molecule has 1 amide bonds. The van der Waals surface area contributed by atoms with Crippen LogP contribution >= 0.6 is 0 Å². The minimum absolute atomic E-state index is 0.0436. The van der Waals surface area contributed by atoms with Crippen LogP contribution in [0.3, 0.4) is 0 Å². The van der Waals surface area contributed by atoms with Crippen molar-refractivity contribution in [2.75, 3.05) is 6.54 Å². The van der Waals surface area contributed by atoms with E-state index in [1.54, 1.807) is 0 Å². The van der Waals surface area contributed by atoms with Crippen LogP contribution in [0.1, 0.15) is 41.4 Å². The van der Waals surface area contributed by atoms with Gasteiger partial charge in [-0.05, 0) is 17.4 Å². The van der Waals surface area contributed by atoms with Gasteiger partial charge in [-0.25, -0.2) is 4.98 Å². The molecule has 0 unspecified atom stereocenters. The number of rotatable bonds is 3. The minimum Gasteiger partial charge on any atom is -0.350 e. The number of hydrogen-bond donors (Lipinski definition) is 2. The second-order valence-electron chi connectivity index (χ2n) is 7.11. The van der Waals surface area contributed by atoms with Crippen molar-refractivity contribution < 1.29 is 9.32 Å². The zero-order valence-corrected chi connectivity index (χ0v) is 14.2. The number of aromatic amines is 1. The summed E-state index contributed by atoms with van der Waals surface area (Å²) in [7, 11) is 0. The highest BCUT2D eigenvalue weighted by atomic mass is 16.5. The molecular formula is C18H19N5O2. The molecule has 1 aromatic carbocycles. The Bertz CT molecular complexity index is 911. The Morgan fingerprint density at radius 1 is 1.20 bits per heavy atom. The van der Waals surface area contributed by atoms with Gasteiger partial charge in [-0.2, -0.15) is 4.98 Å². The summed E-state index contributed by atoms with van der Waals surface area (Å²) in [4.78, 5) is 24.2.